The second kappa shape index (κ2) is 12.3. The third kappa shape index (κ3) is 8.19. The largest absolute Gasteiger partial charge is 0.497 e. The van der Waals surface area contributed by atoms with Crippen molar-refractivity contribution in [3.05, 3.63) is 83.2 Å². The Morgan fingerprint density at radius 3 is 2.44 bits per heavy atom. The van der Waals surface area contributed by atoms with E-state index in [1.807, 2.05) is 31.2 Å². The Kier molecular flexibility index (Phi) is 9.24. The molecule has 0 amide bonds. The van der Waals surface area contributed by atoms with Gasteiger partial charge in [0.25, 0.3) is 0 Å². The molecule has 3 aromatic rings. The molecule has 0 aromatic heterocycles. The predicted octanol–water partition coefficient (Wildman–Crippen LogP) is 9.11. The minimum Gasteiger partial charge on any atom is -0.497 e. The van der Waals surface area contributed by atoms with E-state index < -0.39 is 7.37 Å². The van der Waals surface area contributed by atoms with Crippen molar-refractivity contribution < 1.29 is 23.0 Å². The maximum absolute atomic E-state index is 14.9. The molecule has 1 fully saturated rings. The molecule has 0 heterocycles. The van der Waals surface area contributed by atoms with Crippen LogP contribution in [0.2, 0.25) is 0 Å². The fourth-order valence-electron chi connectivity index (χ4n) is 5.26. The number of benzene rings is 3. The van der Waals surface area contributed by atoms with E-state index in [1.54, 1.807) is 25.9 Å². The highest BCUT2D eigenvalue weighted by Crippen LogP contribution is 2.53. The zero-order chi connectivity index (χ0) is 28.2. The van der Waals surface area contributed by atoms with Gasteiger partial charge in [-0.15, -0.1) is 0 Å². The highest BCUT2D eigenvalue weighted by molar-refractivity contribution is 7.58. The minimum absolute atomic E-state index is 0.0237. The standard InChI is InChI=1S/C33H42FO4P/c1-7-38-39(6,35)22-31(24-12-13-24)25-9-8-10-28(18-25)37-21-23-11-15-29(26(17-23)20-33(2,3)4)30-19-27(36-5)14-16-32(30)34/h8-11,14-19,24,31H,7,12-13,20-22H2,1-6H3. The second-order valence-corrected chi connectivity index (χ2v) is 14.6. The number of hydrogen-bond acceptors (Lipinski definition) is 4. The minimum atomic E-state index is -2.64. The summed E-state index contributed by atoms with van der Waals surface area (Å²) in [7, 11) is -1.05. The van der Waals surface area contributed by atoms with Crippen LogP contribution < -0.4 is 9.47 Å². The Hall–Kier alpha value is -2.62. The number of ether oxygens (including phenoxy) is 2. The van der Waals surface area contributed by atoms with Gasteiger partial charge in [0, 0.05) is 18.4 Å². The fourth-order valence-corrected chi connectivity index (χ4v) is 7.14. The summed E-state index contributed by atoms with van der Waals surface area (Å²) in [4.78, 5) is 0. The van der Waals surface area contributed by atoms with E-state index in [2.05, 4.69) is 39.0 Å². The van der Waals surface area contributed by atoms with Crippen LogP contribution in [0.15, 0.2) is 60.7 Å². The lowest BCUT2D eigenvalue weighted by molar-refractivity contribution is 0.305. The third-order valence-electron chi connectivity index (χ3n) is 7.17. The molecule has 1 aliphatic carbocycles. The van der Waals surface area contributed by atoms with Crippen LogP contribution in [0.1, 0.15) is 63.1 Å². The van der Waals surface area contributed by atoms with Crippen LogP contribution in [-0.4, -0.2) is 26.5 Å². The normalized spacial score (nSPS) is 16.0. The monoisotopic (exact) mass is 552 g/mol. The van der Waals surface area contributed by atoms with Gasteiger partial charge in [0.1, 0.15) is 23.9 Å². The molecule has 6 heteroatoms. The second-order valence-electron chi connectivity index (χ2n) is 12.0. The molecule has 0 bridgehead atoms. The SMILES string of the molecule is CCOP(C)(=O)CC(c1cccc(OCc2ccc(-c3cc(OC)ccc3F)c(CC(C)(C)C)c2)c1)C1CC1. The van der Waals surface area contributed by atoms with Crippen LogP contribution in [0.3, 0.4) is 0 Å². The lowest BCUT2D eigenvalue weighted by Crippen LogP contribution is -2.11. The van der Waals surface area contributed by atoms with Gasteiger partial charge in [-0.25, -0.2) is 4.39 Å². The number of methoxy groups -OCH3 is 1. The van der Waals surface area contributed by atoms with Crippen LogP contribution in [0.5, 0.6) is 11.5 Å². The molecule has 0 N–H and O–H groups in total. The van der Waals surface area contributed by atoms with Crippen molar-refractivity contribution >= 4 is 7.37 Å². The first-order valence-electron chi connectivity index (χ1n) is 13.9. The van der Waals surface area contributed by atoms with Gasteiger partial charge in [-0.2, -0.15) is 0 Å². The molecule has 39 heavy (non-hydrogen) atoms. The van der Waals surface area contributed by atoms with Gasteiger partial charge in [0.05, 0.1) is 13.7 Å². The predicted molar refractivity (Wildman–Crippen MR) is 158 cm³/mol. The third-order valence-corrected chi connectivity index (χ3v) is 9.03. The van der Waals surface area contributed by atoms with E-state index in [0.717, 1.165) is 34.4 Å². The average Bonchev–Trinajstić information content (AvgIpc) is 3.71. The molecule has 2 unspecified atom stereocenters. The van der Waals surface area contributed by atoms with Crippen LogP contribution in [0.25, 0.3) is 11.1 Å². The van der Waals surface area contributed by atoms with Gasteiger partial charge in [-0.05, 0) is 96.0 Å². The summed E-state index contributed by atoms with van der Waals surface area (Å²) < 4.78 is 45.0. The summed E-state index contributed by atoms with van der Waals surface area (Å²) in [6.45, 7) is 11.1. The number of halogens is 1. The van der Waals surface area contributed by atoms with E-state index in [-0.39, 0.29) is 17.2 Å². The van der Waals surface area contributed by atoms with Gasteiger partial charge >= 0.3 is 0 Å². The topological polar surface area (TPSA) is 44.8 Å². The first-order chi connectivity index (χ1) is 18.5. The van der Waals surface area contributed by atoms with E-state index in [1.165, 1.54) is 18.9 Å². The molecular weight excluding hydrogens is 510 g/mol. The molecule has 1 aliphatic rings. The van der Waals surface area contributed by atoms with Gasteiger partial charge in [-0.3, -0.25) is 4.57 Å². The van der Waals surface area contributed by atoms with Crippen LogP contribution in [0, 0.1) is 17.2 Å². The Balaban J connectivity index is 1.56. The van der Waals surface area contributed by atoms with Crippen molar-refractivity contribution in [2.24, 2.45) is 11.3 Å². The zero-order valence-corrected chi connectivity index (χ0v) is 25.0. The van der Waals surface area contributed by atoms with Gasteiger partial charge in [0.2, 0.25) is 7.37 Å². The molecule has 2 atom stereocenters. The Labute approximate surface area is 233 Å². The quantitative estimate of drug-likeness (QED) is 0.210. The summed E-state index contributed by atoms with van der Waals surface area (Å²) in [5.74, 6) is 1.93. The summed E-state index contributed by atoms with van der Waals surface area (Å²) in [6.07, 6.45) is 3.69. The van der Waals surface area contributed by atoms with Crippen molar-refractivity contribution in [3.8, 4) is 22.6 Å². The summed E-state index contributed by atoms with van der Waals surface area (Å²) >= 11 is 0. The summed E-state index contributed by atoms with van der Waals surface area (Å²) in [6, 6.07) is 19.2. The molecular formula is C33H42FO4P. The first-order valence-corrected chi connectivity index (χ1v) is 16.1. The van der Waals surface area contributed by atoms with Crippen LogP contribution in [0.4, 0.5) is 4.39 Å². The van der Waals surface area contributed by atoms with Crippen molar-refractivity contribution in [2.45, 2.75) is 59.5 Å². The van der Waals surface area contributed by atoms with E-state index in [0.29, 0.717) is 36.6 Å². The highest BCUT2D eigenvalue weighted by Gasteiger charge is 2.36. The Morgan fingerprint density at radius 1 is 1.00 bits per heavy atom. The Bertz CT molecular complexity index is 1330. The molecule has 3 aromatic carbocycles. The molecule has 1 saturated carbocycles. The van der Waals surface area contributed by atoms with Crippen molar-refractivity contribution in [1.29, 1.82) is 0 Å². The molecule has 0 spiro atoms. The van der Waals surface area contributed by atoms with E-state index >= 15 is 0 Å². The van der Waals surface area contributed by atoms with Crippen molar-refractivity contribution in [2.75, 3.05) is 26.5 Å². The smallest absolute Gasteiger partial charge is 0.200 e. The zero-order valence-electron chi connectivity index (χ0n) is 24.1. The Morgan fingerprint density at radius 2 is 1.77 bits per heavy atom. The lowest BCUT2D eigenvalue weighted by atomic mass is 9.84. The molecule has 4 nitrogen and oxygen atoms in total. The molecule has 0 aliphatic heterocycles. The number of rotatable bonds is 12. The van der Waals surface area contributed by atoms with Crippen LogP contribution in [-0.2, 0) is 22.1 Å². The van der Waals surface area contributed by atoms with Gasteiger partial charge < -0.3 is 14.0 Å². The molecule has 210 valence electrons. The lowest BCUT2D eigenvalue weighted by Gasteiger charge is -2.22. The maximum Gasteiger partial charge on any atom is 0.200 e. The van der Waals surface area contributed by atoms with Crippen molar-refractivity contribution in [3.63, 3.8) is 0 Å². The molecule has 0 saturated heterocycles. The maximum atomic E-state index is 14.9. The molecule has 4 rings (SSSR count). The average molecular weight is 553 g/mol. The van der Waals surface area contributed by atoms with Gasteiger partial charge in [-0.1, -0.05) is 51.1 Å². The van der Waals surface area contributed by atoms with Gasteiger partial charge in [0.15, 0.2) is 0 Å². The van der Waals surface area contributed by atoms with Crippen molar-refractivity contribution in [1.82, 2.24) is 0 Å². The van der Waals surface area contributed by atoms with E-state index in [4.69, 9.17) is 14.0 Å². The summed E-state index contributed by atoms with van der Waals surface area (Å²) in [5.41, 5.74) is 4.70. The summed E-state index contributed by atoms with van der Waals surface area (Å²) in [5, 5.41) is 0. The first kappa shape index (κ1) is 29.4. The molecule has 0 radical (unpaired) electrons. The fraction of sp³-hybridized carbons (Fsp3) is 0.455. The van der Waals surface area contributed by atoms with Crippen LogP contribution >= 0.6 is 7.37 Å². The highest BCUT2D eigenvalue weighted by atomic mass is 31.2. The number of hydrogen-bond donors (Lipinski definition) is 0. The van der Waals surface area contributed by atoms with E-state index in [9.17, 15) is 8.96 Å².